The highest BCUT2D eigenvalue weighted by Gasteiger charge is 2.42. The third kappa shape index (κ3) is 2.35. The first-order valence-electron chi connectivity index (χ1n) is 6.34. The number of nitrogens with two attached hydrogens (primary N) is 1. The summed E-state index contributed by atoms with van der Waals surface area (Å²) in [5, 5.41) is 1.61. The van der Waals surface area contributed by atoms with Gasteiger partial charge >= 0.3 is 0 Å². The summed E-state index contributed by atoms with van der Waals surface area (Å²) in [4.78, 5) is 3.23. The van der Waals surface area contributed by atoms with E-state index in [4.69, 9.17) is 17.3 Å². The highest BCUT2D eigenvalue weighted by atomic mass is 35.5. The maximum Gasteiger partial charge on any atom is 0.248 e. The summed E-state index contributed by atoms with van der Waals surface area (Å²) >= 11 is 5.94. The van der Waals surface area contributed by atoms with Gasteiger partial charge in [-0.3, -0.25) is 0 Å². The molecule has 0 amide bonds. The summed E-state index contributed by atoms with van der Waals surface area (Å²) < 4.78 is 26.5. The number of hydrogen-bond acceptors (Lipinski definition) is 1. The molecule has 0 spiro atoms. The second-order valence-electron chi connectivity index (χ2n) is 5.43. The van der Waals surface area contributed by atoms with Gasteiger partial charge in [0.1, 0.15) is 0 Å². The van der Waals surface area contributed by atoms with Crippen LogP contribution in [0.2, 0.25) is 5.02 Å². The van der Waals surface area contributed by atoms with Crippen LogP contribution >= 0.6 is 11.6 Å². The van der Waals surface area contributed by atoms with E-state index in [2.05, 4.69) is 4.98 Å². The van der Waals surface area contributed by atoms with E-state index in [1.165, 1.54) is 0 Å². The summed E-state index contributed by atoms with van der Waals surface area (Å²) in [5.41, 5.74) is 7.37. The molecule has 1 fully saturated rings. The van der Waals surface area contributed by atoms with Crippen LogP contribution in [0.4, 0.5) is 8.78 Å². The monoisotopic (exact) mass is 284 g/mol. The zero-order chi connectivity index (χ0) is 13.7. The molecule has 19 heavy (non-hydrogen) atoms. The minimum atomic E-state index is -2.57. The number of nitrogens with one attached hydrogen (secondary N) is 1. The lowest BCUT2D eigenvalue weighted by atomic mass is 9.78. The van der Waals surface area contributed by atoms with Crippen molar-refractivity contribution in [3.8, 4) is 0 Å². The number of halogens is 3. The first-order chi connectivity index (χ1) is 8.88. The van der Waals surface area contributed by atoms with Gasteiger partial charge in [0.2, 0.25) is 5.92 Å². The lowest BCUT2D eigenvalue weighted by Crippen LogP contribution is -2.43. The zero-order valence-corrected chi connectivity index (χ0v) is 11.1. The molecule has 3 N–H and O–H groups in total. The Hall–Kier alpha value is -1.13. The van der Waals surface area contributed by atoms with E-state index in [0.29, 0.717) is 17.9 Å². The Bertz CT molecular complexity index is 611. The van der Waals surface area contributed by atoms with Crippen molar-refractivity contribution < 1.29 is 8.78 Å². The Balaban J connectivity index is 1.95. The van der Waals surface area contributed by atoms with Gasteiger partial charge in [-0.25, -0.2) is 8.78 Å². The number of aromatic amines is 1. The Morgan fingerprint density at radius 3 is 2.47 bits per heavy atom. The largest absolute Gasteiger partial charge is 0.357 e. The third-order valence-corrected chi connectivity index (χ3v) is 4.23. The fraction of sp³-hybridized carbons (Fsp3) is 0.429. The predicted octanol–water partition coefficient (Wildman–Crippen LogP) is 4.18. The van der Waals surface area contributed by atoms with Gasteiger partial charge in [-0.05, 0) is 37.1 Å². The van der Waals surface area contributed by atoms with Gasteiger partial charge in [-0.1, -0.05) is 11.6 Å². The van der Waals surface area contributed by atoms with Crippen molar-refractivity contribution in [3.63, 3.8) is 0 Å². The van der Waals surface area contributed by atoms with E-state index < -0.39 is 11.5 Å². The molecule has 1 heterocycles. The van der Waals surface area contributed by atoms with Gasteiger partial charge in [0, 0.05) is 34.5 Å². The van der Waals surface area contributed by atoms with Gasteiger partial charge < -0.3 is 10.7 Å². The van der Waals surface area contributed by atoms with Crippen LogP contribution < -0.4 is 5.73 Å². The normalized spacial score (nSPS) is 21.7. The first-order valence-corrected chi connectivity index (χ1v) is 6.71. The van der Waals surface area contributed by atoms with E-state index in [-0.39, 0.29) is 12.8 Å². The first kappa shape index (κ1) is 12.9. The number of H-pyrrole nitrogens is 1. The van der Waals surface area contributed by atoms with Crippen molar-refractivity contribution in [3.05, 3.63) is 35.0 Å². The number of fused-ring (bicyclic) bond motifs is 1. The molecule has 1 aromatic carbocycles. The van der Waals surface area contributed by atoms with Crippen molar-refractivity contribution in [2.45, 2.75) is 37.1 Å². The maximum atomic E-state index is 13.2. The van der Waals surface area contributed by atoms with Crippen LogP contribution in [-0.4, -0.2) is 10.9 Å². The maximum absolute atomic E-state index is 13.2. The summed E-state index contributed by atoms with van der Waals surface area (Å²) in [6.45, 7) is 0. The molecular weight excluding hydrogens is 270 g/mol. The minimum absolute atomic E-state index is 0.153. The van der Waals surface area contributed by atoms with Crippen LogP contribution in [0.25, 0.3) is 10.9 Å². The number of aromatic nitrogens is 1. The third-order valence-electron chi connectivity index (χ3n) is 3.99. The molecule has 102 valence electrons. The van der Waals surface area contributed by atoms with Crippen molar-refractivity contribution >= 4 is 22.5 Å². The molecule has 0 saturated heterocycles. The van der Waals surface area contributed by atoms with Crippen molar-refractivity contribution in [1.82, 2.24) is 4.98 Å². The predicted molar refractivity (Wildman–Crippen MR) is 72.6 cm³/mol. The molecule has 0 atom stereocenters. The van der Waals surface area contributed by atoms with Crippen LogP contribution in [-0.2, 0) is 5.54 Å². The molecule has 0 aliphatic heterocycles. The van der Waals surface area contributed by atoms with Gasteiger partial charge in [-0.2, -0.15) is 0 Å². The Morgan fingerprint density at radius 1 is 1.11 bits per heavy atom. The van der Waals surface area contributed by atoms with E-state index in [9.17, 15) is 8.78 Å². The fourth-order valence-corrected chi connectivity index (χ4v) is 2.88. The highest BCUT2D eigenvalue weighted by Crippen LogP contribution is 2.42. The average molecular weight is 285 g/mol. The Labute approximate surface area is 114 Å². The molecule has 5 heteroatoms. The summed E-state index contributed by atoms with van der Waals surface area (Å²) in [6.07, 6.45) is 0.278. The van der Waals surface area contributed by atoms with E-state index in [1.54, 1.807) is 6.07 Å². The lowest BCUT2D eigenvalue weighted by molar-refractivity contribution is -0.0518. The molecule has 2 aromatic rings. The van der Waals surface area contributed by atoms with Crippen LogP contribution in [0, 0.1) is 0 Å². The molecular formula is C14H15ClF2N2. The van der Waals surface area contributed by atoms with Gasteiger partial charge in [0.05, 0.1) is 5.54 Å². The second kappa shape index (κ2) is 4.18. The van der Waals surface area contributed by atoms with Crippen LogP contribution in [0.15, 0.2) is 24.3 Å². The van der Waals surface area contributed by atoms with Crippen LogP contribution in [0.3, 0.4) is 0 Å². The number of rotatable bonds is 1. The lowest BCUT2D eigenvalue weighted by Gasteiger charge is -2.36. The molecule has 1 aliphatic rings. The molecule has 1 aliphatic carbocycles. The summed E-state index contributed by atoms with van der Waals surface area (Å²) in [5.74, 6) is -2.57. The molecule has 1 saturated carbocycles. The minimum Gasteiger partial charge on any atom is -0.357 e. The molecule has 2 nitrogen and oxygen atoms in total. The quantitative estimate of drug-likeness (QED) is 0.810. The van der Waals surface area contributed by atoms with Gasteiger partial charge in [0.25, 0.3) is 0 Å². The van der Waals surface area contributed by atoms with Crippen molar-refractivity contribution in [1.29, 1.82) is 0 Å². The smallest absolute Gasteiger partial charge is 0.248 e. The van der Waals surface area contributed by atoms with Gasteiger partial charge in [-0.15, -0.1) is 0 Å². The Morgan fingerprint density at radius 2 is 1.79 bits per heavy atom. The summed E-state index contributed by atoms with van der Waals surface area (Å²) in [6, 6.07) is 7.44. The van der Waals surface area contributed by atoms with Crippen LogP contribution in [0.5, 0.6) is 0 Å². The van der Waals surface area contributed by atoms with Crippen molar-refractivity contribution in [2.24, 2.45) is 5.73 Å². The number of hydrogen-bond donors (Lipinski definition) is 2. The standard InChI is InChI=1S/C14H15ClF2N2/c15-10-1-2-11-9(7-10)8-12(19-11)13(18)3-5-14(16,17)6-4-13/h1-2,7-8,19H,3-6,18H2. The average Bonchev–Trinajstić information content (AvgIpc) is 2.77. The molecule has 0 bridgehead atoms. The Kier molecular flexibility index (Phi) is 2.84. The van der Waals surface area contributed by atoms with Crippen molar-refractivity contribution in [2.75, 3.05) is 0 Å². The highest BCUT2D eigenvalue weighted by molar-refractivity contribution is 6.31. The molecule has 0 unspecified atom stereocenters. The zero-order valence-electron chi connectivity index (χ0n) is 10.3. The SMILES string of the molecule is NC1(c2cc3cc(Cl)ccc3[nH]2)CCC(F)(F)CC1. The molecule has 0 radical (unpaired) electrons. The summed E-state index contributed by atoms with van der Waals surface area (Å²) in [7, 11) is 0. The fourth-order valence-electron chi connectivity index (χ4n) is 2.70. The van der Waals surface area contributed by atoms with Gasteiger partial charge in [0.15, 0.2) is 0 Å². The van der Waals surface area contributed by atoms with E-state index in [0.717, 1.165) is 16.6 Å². The number of alkyl halides is 2. The van der Waals surface area contributed by atoms with E-state index in [1.807, 2.05) is 18.2 Å². The van der Waals surface area contributed by atoms with E-state index >= 15 is 0 Å². The number of benzene rings is 1. The second-order valence-corrected chi connectivity index (χ2v) is 5.86. The molecule has 3 rings (SSSR count). The topological polar surface area (TPSA) is 41.8 Å². The molecule has 1 aromatic heterocycles. The van der Waals surface area contributed by atoms with Crippen LogP contribution in [0.1, 0.15) is 31.4 Å².